The second-order valence-corrected chi connectivity index (χ2v) is 7.34. The molecule has 144 valence electrons. The number of amides is 1. The maximum absolute atomic E-state index is 13.0. The molecule has 0 unspecified atom stereocenters. The molecule has 5 nitrogen and oxygen atoms in total. The quantitative estimate of drug-likeness (QED) is 0.716. The Bertz CT molecular complexity index is 942. The number of aromatic nitrogens is 2. The number of likely N-dealkylation sites (tertiary alicyclic amines) is 1. The zero-order valence-corrected chi connectivity index (χ0v) is 16.3. The number of benzene rings is 2. The van der Waals surface area contributed by atoms with Crippen molar-refractivity contribution in [2.75, 3.05) is 26.2 Å². The fraction of sp³-hybridized carbons (Fsp3) is 0.304. The Balaban J connectivity index is 1.60. The van der Waals surface area contributed by atoms with Gasteiger partial charge in [-0.3, -0.25) is 4.79 Å². The Labute approximate surface area is 166 Å². The lowest BCUT2D eigenvalue weighted by Gasteiger charge is -2.15. The van der Waals surface area contributed by atoms with E-state index in [4.69, 9.17) is 5.10 Å². The van der Waals surface area contributed by atoms with Crippen LogP contribution in [0.5, 0.6) is 0 Å². The van der Waals surface area contributed by atoms with Gasteiger partial charge in [-0.2, -0.15) is 5.10 Å². The summed E-state index contributed by atoms with van der Waals surface area (Å²) in [4.78, 5) is 15.3. The minimum atomic E-state index is -0.0876. The molecule has 1 N–H and O–H groups in total. The molecule has 5 heteroatoms. The summed E-state index contributed by atoms with van der Waals surface area (Å²) in [5.41, 5.74) is 4.39. The topological polar surface area (TPSA) is 50.2 Å². The molecule has 0 aliphatic carbocycles. The van der Waals surface area contributed by atoms with Crippen molar-refractivity contribution in [2.24, 2.45) is 0 Å². The summed E-state index contributed by atoms with van der Waals surface area (Å²) in [6.45, 7) is 5.86. The molecule has 0 spiro atoms. The third-order valence-electron chi connectivity index (χ3n) is 5.17. The van der Waals surface area contributed by atoms with Crippen LogP contribution < -0.4 is 5.32 Å². The number of carbonyl (C=O) groups excluding carboxylic acids is 1. The van der Waals surface area contributed by atoms with Crippen LogP contribution in [0.1, 0.15) is 28.9 Å². The van der Waals surface area contributed by atoms with Crippen LogP contribution in [0.2, 0.25) is 0 Å². The van der Waals surface area contributed by atoms with E-state index in [2.05, 4.69) is 10.2 Å². The van der Waals surface area contributed by atoms with Crippen LogP contribution in [-0.4, -0.2) is 46.8 Å². The first-order valence-electron chi connectivity index (χ1n) is 9.94. The third kappa shape index (κ3) is 4.15. The second-order valence-electron chi connectivity index (χ2n) is 7.34. The van der Waals surface area contributed by atoms with Crippen LogP contribution in [0.3, 0.4) is 0 Å². The molecular weight excluding hydrogens is 348 g/mol. The Kier molecular flexibility index (Phi) is 5.53. The first kappa shape index (κ1) is 18.4. The standard InChI is InChI=1S/C23H26N4O/c1-18-8-7-11-20(16-18)27-22(17-21(25-27)19-9-3-2-4-10-19)23(28)24-12-15-26-13-5-6-14-26/h2-4,7-11,16-17H,5-6,12-15H2,1H3,(H,24,28). The predicted molar refractivity (Wildman–Crippen MR) is 112 cm³/mol. The lowest BCUT2D eigenvalue weighted by molar-refractivity contribution is 0.0942. The maximum Gasteiger partial charge on any atom is 0.270 e. The summed E-state index contributed by atoms with van der Waals surface area (Å²) < 4.78 is 1.75. The van der Waals surface area contributed by atoms with Crippen molar-refractivity contribution in [1.29, 1.82) is 0 Å². The van der Waals surface area contributed by atoms with E-state index in [1.807, 2.05) is 67.6 Å². The lowest BCUT2D eigenvalue weighted by atomic mass is 10.1. The fourth-order valence-electron chi connectivity index (χ4n) is 3.67. The van der Waals surface area contributed by atoms with Gasteiger partial charge in [0.2, 0.25) is 0 Å². The SMILES string of the molecule is Cc1cccc(-n2nc(-c3ccccc3)cc2C(=O)NCCN2CCCC2)c1. The molecule has 4 rings (SSSR count). The normalized spacial score (nSPS) is 14.3. The van der Waals surface area contributed by atoms with Crippen LogP contribution in [0, 0.1) is 6.92 Å². The van der Waals surface area contributed by atoms with Gasteiger partial charge in [0.15, 0.2) is 0 Å². The van der Waals surface area contributed by atoms with Crippen molar-refractivity contribution >= 4 is 5.91 Å². The third-order valence-corrected chi connectivity index (χ3v) is 5.17. The second kappa shape index (κ2) is 8.40. The average molecular weight is 374 g/mol. The van der Waals surface area contributed by atoms with Crippen LogP contribution in [0.15, 0.2) is 60.7 Å². The largest absolute Gasteiger partial charge is 0.349 e. The molecule has 2 heterocycles. The first-order valence-corrected chi connectivity index (χ1v) is 9.94. The molecule has 0 atom stereocenters. The van der Waals surface area contributed by atoms with Crippen molar-refractivity contribution in [1.82, 2.24) is 20.0 Å². The number of nitrogens with one attached hydrogen (secondary N) is 1. The van der Waals surface area contributed by atoms with Crippen molar-refractivity contribution in [3.05, 3.63) is 71.9 Å². The van der Waals surface area contributed by atoms with Crippen LogP contribution in [-0.2, 0) is 0 Å². The average Bonchev–Trinajstić information content (AvgIpc) is 3.39. The molecule has 28 heavy (non-hydrogen) atoms. The number of aryl methyl sites for hydroxylation is 1. The van der Waals surface area contributed by atoms with Crippen LogP contribution in [0.25, 0.3) is 16.9 Å². The molecule has 1 aromatic heterocycles. The molecular formula is C23H26N4O. The number of rotatable bonds is 6. The van der Waals surface area contributed by atoms with Gasteiger partial charge in [0.05, 0.1) is 11.4 Å². The summed E-state index contributed by atoms with van der Waals surface area (Å²) in [7, 11) is 0. The highest BCUT2D eigenvalue weighted by Crippen LogP contribution is 2.22. The van der Waals surface area contributed by atoms with Crippen molar-refractivity contribution < 1.29 is 4.79 Å². The minimum absolute atomic E-state index is 0.0876. The monoisotopic (exact) mass is 374 g/mol. The van der Waals surface area contributed by atoms with Gasteiger partial charge in [-0.15, -0.1) is 0 Å². The summed E-state index contributed by atoms with van der Waals surface area (Å²) in [5.74, 6) is -0.0876. The van der Waals surface area contributed by atoms with Gasteiger partial charge in [0.25, 0.3) is 5.91 Å². The zero-order chi connectivity index (χ0) is 19.3. The van der Waals surface area contributed by atoms with E-state index in [9.17, 15) is 4.79 Å². The predicted octanol–water partition coefficient (Wildman–Crippen LogP) is 3.67. The lowest BCUT2D eigenvalue weighted by Crippen LogP contribution is -2.34. The van der Waals surface area contributed by atoms with Gasteiger partial charge in [-0.1, -0.05) is 42.5 Å². The van der Waals surface area contributed by atoms with Crippen LogP contribution >= 0.6 is 0 Å². The van der Waals surface area contributed by atoms with Gasteiger partial charge >= 0.3 is 0 Å². The molecule has 3 aromatic rings. The zero-order valence-electron chi connectivity index (χ0n) is 16.3. The van der Waals surface area contributed by atoms with Gasteiger partial charge in [0, 0.05) is 18.7 Å². The molecule has 0 saturated carbocycles. The smallest absolute Gasteiger partial charge is 0.270 e. The molecule has 1 amide bonds. The molecule has 1 aliphatic heterocycles. The van der Waals surface area contributed by atoms with Crippen molar-refractivity contribution in [3.8, 4) is 16.9 Å². The number of nitrogens with zero attached hydrogens (tertiary/aromatic N) is 3. The highest BCUT2D eigenvalue weighted by Gasteiger charge is 2.18. The van der Waals surface area contributed by atoms with Crippen LogP contribution in [0.4, 0.5) is 0 Å². The Hall–Kier alpha value is -2.92. The molecule has 2 aromatic carbocycles. The van der Waals surface area contributed by atoms with E-state index in [1.165, 1.54) is 12.8 Å². The van der Waals surface area contributed by atoms with Gasteiger partial charge in [-0.25, -0.2) is 4.68 Å². The van der Waals surface area contributed by atoms with Gasteiger partial charge < -0.3 is 10.2 Å². The number of hydrogen-bond acceptors (Lipinski definition) is 3. The summed E-state index contributed by atoms with van der Waals surface area (Å²) in [6, 6.07) is 19.9. The highest BCUT2D eigenvalue weighted by atomic mass is 16.2. The van der Waals surface area contributed by atoms with Gasteiger partial charge in [0.1, 0.15) is 5.69 Å². The molecule has 1 fully saturated rings. The summed E-state index contributed by atoms with van der Waals surface area (Å²) in [5, 5.41) is 7.82. The summed E-state index contributed by atoms with van der Waals surface area (Å²) in [6.07, 6.45) is 2.52. The van der Waals surface area contributed by atoms with E-state index in [1.54, 1.807) is 4.68 Å². The van der Waals surface area contributed by atoms with Crippen molar-refractivity contribution in [2.45, 2.75) is 19.8 Å². The number of hydrogen-bond donors (Lipinski definition) is 1. The van der Waals surface area contributed by atoms with E-state index >= 15 is 0 Å². The Morgan fingerprint density at radius 3 is 2.57 bits per heavy atom. The summed E-state index contributed by atoms with van der Waals surface area (Å²) >= 11 is 0. The first-order chi connectivity index (χ1) is 13.7. The van der Waals surface area contributed by atoms with E-state index in [-0.39, 0.29) is 5.91 Å². The minimum Gasteiger partial charge on any atom is -0.349 e. The Morgan fingerprint density at radius 2 is 1.82 bits per heavy atom. The van der Waals surface area contributed by atoms with Crippen molar-refractivity contribution in [3.63, 3.8) is 0 Å². The van der Waals surface area contributed by atoms with E-state index in [0.29, 0.717) is 12.2 Å². The highest BCUT2D eigenvalue weighted by molar-refractivity contribution is 5.94. The van der Waals surface area contributed by atoms with Gasteiger partial charge in [-0.05, 0) is 56.6 Å². The maximum atomic E-state index is 13.0. The number of carbonyl (C=O) groups is 1. The van der Waals surface area contributed by atoms with E-state index in [0.717, 1.165) is 42.1 Å². The van der Waals surface area contributed by atoms with E-state index < -0.39 is 0 Å². The Morgan fingerprint density at radius 1 is 1.04 bits per heavy atom. The molecule has 1 aliphatic rings. The molecule has 1 saturated heterocycles. The fourth-order valence-corrected chi connectivity index (χ4v) is 3.67. The molecule has 0 bridgehead atoms. The molecule has 0 radical (unpaired) electrons.